The number of halogens is 1. The Balaban J connectivity index is 0.00000210. The molecular formula is C19H28IN3O3S. The summed E-state index contributed by atoms with van der Waals surface area (Å²) in [7, 11) is -2.85. The molecular weight excluding hydrogens is 477 g/mol. The number of hydrogen-bond donors (Lipinski definition) is 2. The molecule has 8 heteroatoms. The summed E-state index contributed by atoms with van der Waals surface area (Å²) in [6, 6.07) is 8.27. The molecule has 0 amide bonds. The molecule has 0 aromatic heterocycles. The van der Waals surface area contributed by atoms with Gasteiger partial charge in [-0.1, -0.05) is 18.2 Å². The van der Waals surface area contributed by atoms with E-state index >= 15 is 0 Å². The third-order valence-corrected chi connectivity index (χ3v) is 7.20. The largest absolute Gasteiger partial charge is 0.493 e. The molecule has 2 aliphatic heterocycles. The Kier molecular flexibility index (Phi) is 6.88. The predicted molar refractivity (Wildman–Crippen MR) is 118 cm³/mol. The maximum absolute atomic E-state index is 11.7. The summed E-state index contributed by atoms with van der Waals surface area (Å²) in [6.07, 6.45) is 4.17. The molecule has 4 rings (SSSR count). The van der Waals surface area contributed by atoms with Gasteiger partial charge >= 0.3 is 0 Å². The summed E-state index contributed by atoms with van der Waals surface area (Å²) in [6.45, 7) is 2.18. The lowest BCUT2D eigenvalue weighted by atomic mass is 10.0. The van der Waals surface area contributed by atoms with Crippen molar-refractivity contribution in [2.75, 3.05) is 31.2 Å². The monoisotopic (exact) mass is 505 g/mol. The van der Waals surface area contributed by atoms with Crippen LogP contribution in [-0.4, -0.2) is 45.6 Å². The predicted octanol–water partition coefficient (Wildman–Crippen LogP) is 2.51. The molecule has 2 heterocycles. The van der Waals surface area contributed by atoms with Crippen molar-refractivity contribution in [2.24, 2.45) is 16.8 Å². The molecule has 1 aromatic carbocycles. The van der Waals surface area contributed by atoms with Gasteiger partial charge in [-0.15, -0.1) is 24.0 Å². The second-order valence-corrected chi connectivity index (χ2v) is 9.88. The molecule has 2 unspecified atom stereocenters. The van der Waals surface area contributed by atoms with Gasteiger partial charge in [0, 0.05) is 25.1 Å². The summed E-state index contributed by atoms with van der Waals surface area (Å²) in [5.41, 5.74) is 1.16. The van der Waals surface area contributed by atoms with Gasteiger partial charge < -0.3 is 15.4 Å². The zero-order chi connectivity index (χ0) is 18.0. The van der Waals surface area contributed by atoms with Crippen LogP contribution < -0.4 is 15.4 Å². The molecule has 1 saturated heterocycles. The highest BCUT2D eigenvalue weighted by Crippen LogP contribution is 2.31. The number of guanidine groups is 1. The number of para-hydroxylation sites is 1. The SMILES string of the molecule is I.O=S1(=O)CCC(CN=C(NCC2CC2)NC2CCOc3ccccc32)C1. The van der Waals surface area contributed by atoms with Crippen molar-refractivity contribution in [3.8, 4) is 5.75 Å². The van der Waals surface area contributed by atoms with E-state index in [0.717, 1.165) is 42.6 Å². The fourth-order valence-electron chi connectivity index (χ4n) is 3.61. The highest BCUT2D eigenvalue weighted by atomic mass is 127. The maximum Gasteiger partial charge on any atom is 0.191 e. The Morgan fingerprint density at radius 2 is 1.96 bits per heavy atom. The third kappa shape index (κ3) is 5.73. The summed E-state index contributed by atoms with van der Waals surface area (Å²) in [5.74, 6) is 3.19. The van der Waals surface area contributed by atoms with E-state index in [-0.39, 0.29) is 41.7 Å². The molecule has 2 fully saturated rings. The minimum Gasteiger partial charge on any atom is -0.493 e. The van der Waals surface area contributed by atoms with E-state index in [1.165, 1.54) is 12.8 Å². The Morgan fingerprint density at radius 1 is 1.15 bits per heavy atom. The third-order valence-electron chi connectivity index (χ3n) is 5.36. The maximum atomic E-state index is 11.7. The number of aliphatic imine (C=N–C) groups is 1. The Hall–Kier alpha value is -1.03. The molecule has 0 spiro atoms. The number of rotatable bonds is 5. The average Bonchev–Trinajstić information content (AvgIpc) is 3.40. The molecule has 0 radical (unpaired) electrons. The standard InChI is InChI=1S/C19H27N3O3S.HI/c23-26(24)10-8-15(13-26)12-21-19(20-11-14-5-6-14)22-17-7-9-25-18-4-2-1-3-16(17)18;/h1-4,14-15,17H,5-13H2,(H2,20,21,22);1H. The lowest BCUT2D eigenvalue weighted by Crippen LogP contribution is -2.42. The molecule has 1 aromatic rings. The van der Waals surface area contributed by atoms with Crippen molar-refractivity contribution in [1.82, 2.24) is 10.6 Å². The Morgan fingerprint density at radius 3 is 2.70 bits per heavy atom. The van der Waals surface area contributed by atoms with Crippen molar-refractivity contribution < 1.29 is 13.2 Å². The van der Waals surface area contributed by atoms with Gasteiger partial charge in [0.15, 0.2) is 15.8 Å². The van der Waals surface area contributed by atoms with Crippen LogP contribution in [0.15, 0.2) is 29.3 Å². The van der Waals surface area contributed by atoms with Crippen LogP contribution in [0.5, 0.6) is 5.75 Å². The van der Waals surface area contributed by atoms with Crippen LogP contribution in [0, 0.1) is 11.8 Å². The molecule has 3 aliphatic rings. The average molecular weight is 505 g/mol. The van der Waals surface area contributed by atoms with Gasteiger partial charge in [0.25, 0.3) is 0 Å². The van der Waals surface area contributed by atoms with Gasteiger partial charge in [-0.2, -0.15) is 0 Å². The number of nitrogens with one attached hydrogen (secondary N) is 2. The van der Waals surface area contributed by atoms with E-state index in [1.54, 1.807) is 0 Å². The molecule has 1 aliphatic carbocycles. The lowest BCUT2D eigenvalue weighted by Gasteiger charge is -2.28. The van der Waals surface area contributed by atoms with Crippen LogP contribution in [-0.2, 0) is 9.84 Å². The number of fused-ring (bicyclic) bond motifs is 1. The molecule has 27 heavy (non-hydrogen) atoms. The van der Waals surface area contributed by atoms with Crippen LogP contribution in [0.4, 0.5) is 0 Å². The van der Waals surface area contributed by atoms with Crippen LogP contribution in [0.3, 0.4) is 0 Å². The number of ether oxygens (including phenoxy) is 1. The fraction of sp³-hybridized carbons (Fsp3) is 0.632. The number of hydrogen-bond acceptors (Lipinski definition) is 4. The summed E-state index contributed by atoms with van der Waals surface area (Å²) in [5, 5.41) is 7.00. The molecule has 6 nitrogen and oxygen atoms in total. The second-order valence-electron chi connectivity index (χ2n) is 7.65. The zero-order valence-electron chi connectivity index (χ0n) is 15.4. The van der Waals surface area contributed by atoms with Gasteiger partial charge in [-0.25, -0.2) is 8.42 Å². The first-order valence-electron chi connectivity index (χ1n) is 9.56. The van der Waals surface area contributed by atoms with E-state index in [4.69, 9.17) is 9.73 Å². The Bertz CT molecular complexity index is 780. The number of nitrogens with zero attached hydrogens (tertiary/aromatic N) is 1. The van der Waals surface area contributed by atoms with E-state index < -0.39 is 9.84 Å². The summed E-state index contributed by atoms with van der Waals surface area (Å²) in [4.78, 5) is 4.73. The van der Waals surface area contributed by atoms with E-state index in [1.807, 2.05) is 18.2 Å². The molecule has 1 saturated carbocycles. The lowest BCUT2D eigenvalue weighted by molar-refractivity contribution is 0.261. The minimum atomic E-state index is -2.85. The molecule has 2 N–H and O–H groups in total. The van der Waals surface area contributed by atoms with Crippen molar-refractivity contribution >= 4 is 39.8 Å². The fourth-order valence-corrected chi connectivity index (χ4v) is 5.46. The Labute approximate surface area is 178 Å². The topological polar surface area (TPSA) is 79.8 Å². The van der Waals surface area contributed by atoms with Crippen LogP contribution in [0.1, 0.15) is 37.3 Å². The van der Waals surface area contributed by atoms with Gasteiger partial charge in [-0.05, 0) is 37.2 Å². The van der Waals surface area contributed by atoms with E-state index in [2.05, 4.69) is 16.7 Å². The van der Waals surface area contributed by atoms with Crippen LogP contribution in [0.25, 0.3) is 0 Å². The zero-order valence-corrected chi connectivity index (χ0v) is 18.5. The minimum absolute atomic E-state index is 0. The summed E-state index contributed by atoms with van der Waals surface area (Å²) < 4.78 is 29.1. The number of sulfone groups is 1. The van der Waals surface area contributed by atoms with Gasteiger partial charge in [0.2, 0.25) is 0 Å². The normalized spacial score (nSPS) is 26.4. The smallest absolute Gasteiger partial charge is 0.191 e. The van der Waals surface area contributed by atoms with Crippen molar-refractivity contribution in [2.45, 2.75) is 31.7 Å². The van der Waals surface area contributed by atoms with E-state index in [0.29, 0.717) is 18.9 Å². The first-order valence-corrected chi connectivity index (χ1v) is 11.4. The van der Waals surface area contributed by atoms with Crippen molar-refractivity contribution in [1.29, 1.82) is 0 Å². The molecule has 0 bridgehead atoms. The van der Waals surface area contributed by atoms with Gasteiger partial charge in [0.1, 0.15) is 5.75 Å². The molecule has 150 valence electrons. The quantitative estimate of drug-likeness (QED) is 0.365. The summed E-state index contributed by atoms with van der Waals surface area (Å²) >= 11 is 0. The van der Waals surface area contributed by atoms with Gasteiger partial charge in [-0.3, -0.25) is 4.99 Å². The molecule has 2 atom stereocenters. The highest BCUT2D eigenvalue weighted by Gasteiger charge is 2.28. The first kappa shape index (κ1) is 20.7. The van der Waals surface area contributed by atoms with Crippen molar-refractivity contribution in [3.05, 3.63) is 29.8 Å². The second kappa shape index (κ2) is 8.98. The number of benzene rings is 1. The van der Waals surface area contributed by atoms with E-state index in [9.17, 15) is 8.42 Å². The highest BCUT2D eigenvalue weighted by molar-refractivity contribution is 14.0. The van der Waals surface area contributed by atoms with Crippen LogP contribution in [0.2, 0.25) is 0 Å². The van der Waals surface area contributed by atoms with Crippen molar-refractivity contribution in [3.63, 3.8) is 0 Å². The van der Waals surface area contributed by atoms with Crippen LogP contribution >= 0.6 is 24.0 Å². The van der Waals surface area contributed by atoms with Gasteiger partial charge in [0.05, 0.1) is 24.2 Å². The first-order chi connectivity index (χ1) is 12.6.